The summed E-state index contributed by atoms with van der Waals surface area (Å²) in [5.41, 5.74) is 1.82. The number of hydrogen-bond acceptors (Lipinski definition) is 3. The number of aliphatic imine (C=N–C) groups is 1. The Labute approximate surface area is 131 Å². The molecule has 2 rings (SSSR count). The third kappa shape index (κ3) is 4.16. The number of benzene rings is 2. The molecule has 0 atom stereocenters. The molecule has 0 aliphatic heterocycles. The van der Waals surface area contributed by atoms with Crippen LogP contribution in [-0.4, -0.2) is 23.8 Å². The molecule has 0 spiro atoms. The van der Waals surface area contributed by atoms with E-state index in [0.717, 1.165) is 4.47 Å². The molecule has 2 aromatic rings. The highest BCUT2D eigenvalue weighted by atomic mass is 79.9. The summed E-state index contributed by atoms with van der Waals surface area (Å²) >= 11 is 3.34. The van der Waals surface area contributed by atoms with Crippen LogP contribution in [0.1, 0.15) is 22.8 Å². The molecule has 4 nitrogen and oxygen atoms in total. The Morgan fingerprint density at radius 3 is 2.90 bits per heavy atom. The fraction of sp³-hybridized carbons (Fsp3) is 0.125. The van der Waals surface area contributed by atoms with Crippen molar-refractivity contribution in [2.45, 2.75) is 6.92 Å². The summed E-state index contributed by atoms with van der Waals surface area (Å²) in [5, 5.41) is 12.5. The molecular formula is C16H15BrN2O2. The second-order valence-corrected chi connectivity index (χ2v) is 5.29. The Morgan fingerprint density at radius 2 is 2.14 bits per heavy atom. The van der Waals surface area contributed by atoms with Gasteiger partial charge in [0.05, 0.1) is 5.69 Å². The van der Waals surface area contributed by atoms with Gasteiger partial charge in [-0.1, -0.05) is 22.0 Å². The van der Waals surface area contributed by atoms with Crippen molar-refractivity contribution in [1.82, 2.24) is 5.32 Å². The lowest BCUT2D eigenvalue weighted by molar-refractivity contribution is 0.0956. The van der Waals surface area contributed by atoms with Gasteiger partial charge in [-0.15, -0.1) is 0 Å². The second-order valence-electron chi connectivity index (χ2n) is 4.37. The Kier molecular flexibility index (Phi) is 5.11. The predicted octanol–water partition coefficient (Wildman–Crippen LogP) is 3.66. The van der Waals surface area contributed by atoms with Gasteiger partial charge in [0.15, 0.2) is 0 Å². The number of aromatic hydroxyl groups is 1. The van der Waals surface area contributed by atoms with E-state index >= 15 is 0 Å². The molecule has 2 aromatic carbocycles. The SMILES string of the molecule is CCNC(=O)c1cccc(N=Cc2cc(Br)ccc2O)c1. The largest absolute Gasteiger partial charge is 0.507 e. The number of nitrogens with zero attached hydrogens (tertiary/aromatic N) is 1. The molecule has 2 N–H and O–H groups in total. The molecule has 0 radical (unpaired) electrons. The van der Waals surface area contributed by atoms with Crippen LogP contribution in [-0.2, 0) is 0 Å². The molecule has 1 amide bonds. The average molecular weight is 347 g/mol. The molecule has 21 heavy (non-hydrogen) atoms. The van der Waals surface area contributed by atoms with Crippen molar-refractivity contribution in [1.29, 1.82) is 0 Å². The van der Waals surface area contributed by atoms with E-state index in [1.165, 1.54) is 0 Å². The zero-order valence-electron chi connectivity index (χ0n) is 11.5. The van der Waals surface area contributed by atoms with Crippen molar-refractivity contribution in [2.75, 3.05) is 6.54 Å². The van der Waals surface area contributed by atoms with Crippen LogP contribution in [0.15, 0.2) is 51.9 Å². The molecule has 0 heterocycles. The van der Waals surface area contributed by atoms with Crippen molar-refractivity contribution in [3.63, 3.8) is 0 Å². The van der Waals surface area contributed by atoms with Gasteiger partial charge < -0.3 is 10.4 Å². The van der Waals surface area contributed by atoms with Gasteiger partial charge >= 0.3 is 0 Å². The van der Waals surface area contributed by atoms with Crippen LogP contribution in [0.2, 0.25) is 0 Å². The first kappa shape index (κ1) is 15.3. The summed E-state index contributed by atoms with van der Waals surface area (Å²) in [4.78, 5) is 16.1. The molecule has 0 saturated heterocycles. The van der Waals surface area contributed by atoms with E-state index in [4.69, 9.17) is 0 Å². The molecule has 0 aliphatic rings. The number of amides is 1. The van der Waals surface area contributed by atoms with Gasteiger partial charge in [0.25, 0.3) is 5.91 Å². The van der Waals surface area contributed by atoms with Crippen LogP contribution in [0.4, 0.5) is 5.69 Å². The Morgan fingerprint density at radius 1 is 1.33 bits per heavy atom. The first-order valence-electron chi connectivity index (χ1n) is 6.51. The zero-order chi connectivity index (χ0) is 15.2. The summed E-state index contributed by atoms with van der Waals surface area (Å²) in [5.74, 6) is 0.0293. The first-order chi connectivity index (χ1) is 10.1. The summed E-state index contributed by atoms with van der Waals surface area (Å²) in [6.07, 6.45) is 1.57. The number of hydrogen-bond donors (Lipinski definition) is 2. The van der Waals surface area contributed by atoms with Gasteiger partial charge in [-0.3, -0.25) is 9.79 Å². The topological polar surface area (TPSA) is 61.7 Å². The maximum Gasteiger partial charge on any atom is 0.251 e. The van der Waals surface area contributed by atoms with Gasteiger partial charge in [0.1, 0.15) is 5.75 Å². The smallest absolute Gasteiger partial charge is 0.251 e. The van der Waals surface area contributed by atoms with Gasteiger partial charge in [-0.05, 0) is 43.3 Å². The Balaban J connectivity index is 2.23. The van der Waals surface area contributed by atoms with Crippen LogP contribution < -0.4 is 5.32 Å². The average Bonchev–Trinajstić information content (AvgIpc) is 2.49. The molecule has 0 unspecified atom stereocenters. The van der Waals surface area contributed by atoms with Crippen molar-refractivity contribution >= 4 is 33.7 Å². The molecular weight excluding hydrogens is 332 g/mol. The molecule has 0 fully saturated rings. The minimum Gasteiger partial charge on any atom is -0.507 e. The second kappa shape index (κ2) is 7.04. The summed E-state index contributed by atoms with van der Waals surface area (Å²) in [7, 11) is 0. The van der Waals surface area contributed by atoms with Crippen molar-refractivity contribution < 1.29 is 9.90 Å². The number of rotatable bonds is 4. The van der Waals surface area contributed by atoms with Crippen molar-refractivity contribution in [3.8, 4) is 5.75 Å². The minimum atomic E-state index is -0.125. The van der Waals surface area contributed by atoms with Crippen LogP contribution >= 0.6 is 15.9 Å². The number of nitrogens with one attached hydrogen (secondary N) is 1. The highest BCUT2D eigenvalue weighted by Crippen LogP contribution is 2.21. The highest BCUT2D eigenvalue weighted by molar-refractivity contribution is 9.10. The molecule has 0 aliphatic carbocycles. The number of carbonyl (C=O) groups is 1. The number of phenols is 1. The number of halogens is 1. The van der Waals surface area contributed by atoms with Crippen LogP contribution in [0, 0.1) is 0 Å². The standard InChI is InChI=1S/C16H15BrN2O2/c1-2-18-16(21)11-4-3-5-14(9-11)19-10-12-8-13(17)6-7-15(12)20/h3-10,20H,2H2,1H3,(H,18,21). The Hall–Kier alpha value is -2.14. The van der Waals surface area contributed by atoms with Gasteiger partial charge in [-0.25, -0.2) is 0 Å². The minimum absolute atomic E-state index is 0.125. The van der Waals surface area contributed by atoms with E-state index in [9.17, 15) is 9.90 Å². The van der Waals surface area contributed by atoms with E-state index in [-0.39, 0.29) is 11.7 Å². The monoisotopic (exact) mass is 346 g/mol. The molecule has 0 bridgehead atoms. The third-order valence-electron chi connectivity index (χ3n) is 2.79. The quantitative estimate of drug-likeness (QED) is 0.830. The van der Waals surface area contributed by atoms with E-state index in [1.807, 2.05) is 6.92 Å². The van der Waals surface area contributed by atoms with Gasteiger partial charge in [-0.2, -0.15) is 0 Å². The van der Waals surface area contributed by atoms with Gasteiger partial charge in [0.2, 0.25) is 0 Å². The van der Waals surface area contributed by atoms with Gasteiger partial charge in [0, 0.05) is 28.4 Å². The van der Waals surface area contributed by atoms with Crippen molar-refractivity contribution in [2.24, 2.45) is 4.99 Å². The summed E-state index contributed by atoms with van der Waals surface area (Å²) in [6, 6.07) is 12.1. The molecule has 108 valence electrons. The zero-order valence-corrected chi connectivity index (χ0v) is 13.1. The Bertz CT molecular complexity index is 684. The predicted molar refractivity (Wildman–Crippen MR) is 87.5 cm³/mol. The first-order valence-corrected chi connectivity index (χ1v) is 7.30. The lowest BCUT2D eigenvalue weighted by Gasteiger charge is -2.03. The lowest BCUT2D eigenvalue weighted by atomic mass is 10.2. The normalized spacial score (nSPS) is 10.8. The maximum absolute atomic E-state index is 11.8. The van der Waals surface area contributed by atoms with E-state index in [1.54, 1.807) is 48.7 Å². The molecule has 0 saturated carbocycles. The van der Waals surface area contributed by atoms with E-state index < -0.39 is 0 Å². The van der Waals surface area contributed by atoms with Crippen molar-refractivity contribution in [3.05, 3.63) is 58.1 Å². The highest BCUT2D eigenvalue weighted by Gasteiger charge is 2.04. The number of phenolic OH excluding ortho intramolecular Hbond substituents is 1. The summed E-state index contributed by atoms with van der Waals surface area (Å²) < 4.78 is 0.859. The van der Waals surface area contributed by atoms with E-state index in [2.05, 4.69) is 26.2 Å². The third-order valence-corrected chi connectivity index (χ3v) is 3.28. The molecule has 5 heteroatoms. The fourth-order valence-electron chi connectivity index (χ4n) is 1.76. The number of carbonyl (C=O) groups excluding carboxylic acids is 1. The van der Waals surface area contributed by atoms with Crippen LogP contribution in [0.3, 0.4) is 0 Å². The fourth-order valence-corrected chi connectivity index (χ4v) is 2.14. The summed E-state index contributed by atoms with van der Waals surface area (Å²) in [6.45, 7) is 2.45. The van der Waals surface area contributed by atoms with Crippen LogP contribution in [0.5, 0.6) is 5.75 Å². The maximum atomic E-state index is 11.8. The van der Waals surface area contributed by atoms with E-state index in [0.29, 0.717) is 23.4 Å². The lowest BCUT2D eigenvalue weighted by Crippen LogP contribution is -2.22. The molecule has 0 aromatic heterocycles. The van der Waals surface area contributed by atoms with Crippen LogP contribution in [0.25, 0.3) is 0 Å².